The average Bonchev–Trinajstić information content (AvgIpc) is 3.04. The van der Waals surface area contributed by atoms with Gasteiger partial charge in [0.15, 0.2) is 5.96 Å². The molecule has 1 saturated carbocycles. The molecule has 5 nitrogen and oxygen atoms in total. The molecule has 3 rings (SSSR count). The van der Waals surface area contributed by atoms with Crippen molar-refractivity contribution < 1.29 is 9.47 Å². The van der Waals surface area contributed by atoms with E-state index in [1.54, 1.807) is 14.2 Å². The second-order valence-electron chi connectivity index (χ2n) is 6.62. The number of methoxy groups -OCH3 is 2. The molecule has 0 saturated heterocycles. The Morgan fingerprint density at radius 2 is 1.83 bits per heavy atom. The van der Waals surface area contributed by atoms with Crippen LogP contribution < -0.4 is 20.1 Å². The van der Waals surface area contributed by atoms with E-state index in [0.29, 0.717) is 5.41 Å². The molecule has 1 aliphatic heterocycles. The van der Waals surface area contributed by atoms with Crippen LogP contribution in [0.1, 0.15) is 31.2 Å². The summed E-state index contributed by atoms with van der Waals surface area (Å²) in [4.78, 5) is 4.71. The van der Waals surface area contributed by atoms with Gasteiger partial charge in [-0.3, -0.25) is 4.99 Å². The molecule has 1 fully saturated rings. The van der Waals surface area contributed by atoms with Gasteiger partial charge in [-0.1, -0.05) is 12.8 Å². The normalized spacial score (nSPS) is 19.1. The molecule has 2 N–H and O–H groups in total. The van der Waals surface area contributed by atoms with Gasteiger partial charge in [0.1, 0.15) is 11.5 Å². The number of aliphatic imine (C=N–C) groups is 1. The Balaban J connectivity index is 1.51. The van der Waals surface area contributed by atoms with Crippen molar-refractivity contribution in [3.8, 4) is 11.5 Å². The lowest BCUT2D eigenvalue weighted by molar-refractivity contribution is 0.295. The van der Waals surface area contributed by atoms with Crippen LogP contribution in [0.2, 0.25) is 0 Å². The van der Waals surface area contributed by atoms with Crippen LogP contribution in [0.25, 0.3) is 0 Å². The van der Waals surface area contributed by atoms with E-state index in [1.807, 2.05) is 18.2 Å². The van der Waals surface area contributed by atoms with Crippen molar-refractivity contribution in [2.45, 2.75) is 32.1 Å². The number of hydrogen-bond donors (Lipinski definition) is 2. The summed E-state index contributed by atoms with van der Waals surface area (Å²) >= 11 is 0. The minimum atomic E-state index is 0.436. The van der Waals surface area contributed by atoms with Gasteiger partial charge in [-0.15, -0.1) is 0 Å². The first kappa shape index (κ1) is 16.0. The van der Waals surface area contributed by atoms with Crippen LogP contribution in [0.3, 0.4) is 0 Å². The standard InChI is InChI=1S/C18H27N3O2/c1-22-15-9-14(10-16(11-15)23-2)5-8-19-17-20-12-18(13-21-17)6-3-4-7-18/h9-11H,3-8,12-13H2,1-2H3,(H2,19,20,21). The number of benzene rings is 1. The summed E-state index contributed by atoms with van der Waals surface area (Å²) < 4.78 is 10.6. The van der Waals surface area contributed by atoms with Gasteiger partial charge in [0.2, 0.25) is 0 Å². The maximum atomic E-state index is 5.31. The van der Waals surface area contributed by atoms with E-state index in [4.69, 9.17) is 14.5 Å². The predicted molar refractivity (Wildman–Crippen MR) is 92.5 cm³/mol. The monoisotopic (exact) mass is 317 g/mol. The smallest absolute Gasteiger partial charge is 0.191 e. The van der Waals surface area contributed by atoms with Crippen LogP contribution in [0.4, 0.5) is 0 Å². The summed E-state index contributed by atoms with van der Waals surface area (Å²) in [5.74, 6) is 2.60. The number of guanidine groups is 1. The van der Waals surface area contributed by atoms with Gasteiger partial charge >= 0.3 is 0 Å². The zero-order valence-corrected chi connectivity index (χ0v) is 14.2. The first-order chi connectivity index (χ1) is 11.2. The highest BCUT2D eigenvalue weighted by Gasteiger charge is 2.35. The van der Waals surface area contributed by atoms with Crippen LogP contribution in [-0.4, -0.2) is 39.8 Å². The molecule has 0 amide bonds. The second-order valence-corrected chi connectivity index (χ2v) is 6.62. The number of rotatable bonds is 5. The Hall–Kier alpha value is -1.91. The Morgan fingerprint density at radius 3 is 2.39 bits per heavy atom. The van der Waals surface area contributed by atoms with Crippen LogP contribution in [0.15, 0.2) is 23.2 Å². The van der Waals surface area contributed by atoms with Gasteiger partial charge < -0.3 is 20.1 Å². The SMILES string of the molecule is COc1cc(CCNC2=NCC3(CCCC3)CN2)cc(OC)c1. The van der Waals surface area contributed by atoms with Crippen molar-refractivity contribution in [2.75, 3.05) is 33.9 Å². The van der Waals surface area contributed by atoms with Crippen molar-refractivity contribution in [1.82, 2.24) is 10.6 Å². The van der Waals surface area contributed by atoms with E-state index in [1.165, 1.54) is 31.2 Å². The maximum Gasteiger partial charge on any atom is 0.191 e. The molecule has 0 unspecified atom stereocenters. The lowest BCUT2D eigenvalue weighted by Crippen LogP contribution is -2.48. The lowest BCUT2D eigenvalue weighted by atomic mass is 9.85. The minimum absolute atomic E-state index is 0.436. The molecule has 0 atom stereocenters. The van der Waals surface area contributed by atoms with E-state index in [9.17, 15) is 0 Å². The van der Waals surface area contributed by atoms with Gasteiger partial charge in [0, 0.05) is 24.6 Å². The molecule has 1 aliphatic carbocycles. The summed E-state index contributed by atoms with van der Waals surface area (Å²) in [7, 11) is 3.35. The highest BCUT2D eigenvalue weighted by Crippen LogP contribution is 2.38. The number of hydrogen-bond acceptors (Lipinski definition) is 5. The van der Waals surface area contributed by atoms with Crippen molar-refractivity contribution in [1.29, 1.82) is 0 Å². The third-order valence-electron chi connectivity index (χ3n) is 4.98. The highest BCUT2D eigenvalue weighted by molar-refractivity contribution is 5.80. The van der Waals surface area contributed by atoms with Crippen LogP contribution >= 0.6 is 0 Å². The Bertz CT molecular complexity index is 543. The molecule has 0 aromatic heterocycles. The van der Waals surface area contributed by atoms with E-state index < -0.39 is 0 Å². The van der Waals surface area contributed by atoms with Crippen molar-refractivity contribution in [3.05, 3.63) is 23.8 Å². The first-order valence-electron chi connectivity index (χ1n) is 8.47. The average molecular weight is 317 g/mol. The Kier molecular flexibility index (Phi) is 4.94. The van der Waals surface area contributed by atoms with Crippen molar-refractivity contribution in [2.24, 2.45) is 10.4 Å². The summed E-state index contributed by atoms with van der Waals surface area (Å²) in [5, 5.41) is 6.88. The zero-order chi connectivity index (χ0) is 16.1. The third kappa shape index (κ3) is 3.89. The van der Waals surface area contributed by atoms with Gasteiger partial charge in [0.25, 0.3) is 0 Å². The fourth-order valence-electron chi connectivity index (χ4n) is 3.54. The fourth-order valence-corrected chi connectivity index (χ4v) is 3.54. The first-order valence-corrected chi connectivity index (χ1v) is 8.47. The van der Waals surface area contributed by atoms with Gasteiger partial charge in [-0.25, -0.2) is 0 Å². The molecule has 2 aliphatic rings. The van der Waals surface area contributed by atoms with Crippen molar-refractivity contribution >= 4 is 5.96 Å². The molecule has 1 aromatic rings. The Morgan fingerprint density at radius 1 is 1.13 bits per heavy atom. The van der Waals surface area contributed by atoms with Crippen LogP contribution in [-0.2, 0) is 6.42 Å². The van der Waals surface area contributed by atoms with Crippen molar-refractivity contribution in [3.63, 3.8) is 0 Å². The van der Waals surface area contributed by atoms with Gasteiger partial charge in [-0.05, 0) is 37.0 Å². The number of ether oxygens (including phenoxy) is 2. The largest absolute Gasteiger partial charge is 0.497 e. The summed E-state index contributed by atoms with van der Waals surface area (Å²) in [6, 6.07) is 5.99. The van der Waals surface area contributed by atoms with E-state index in [2.05, 4.69) is 10.6 Å². The number of nitrogens with zero attached hydrogens (tertiary/aromatic N) is 1. The van der Waals surface area contributed by atoms with Crippen LogP contribution in [0.5, 0.6) is 11.5 Å². The molecule has 5 heteroatoms. The second kappa shape index (κ2) is 7.11. The van der Waals surface area contributed by atoms with E-state index in [0.717, 1.165) is 43.5 Å². The minimum Gasteiger partial charge on any atom is -0.497 e. The molecule has 1 heterocycles. The summed E-state index contributed by atoms with van der Waals surface area (Å²) in [6.07, 6.45) is 6.26. The van der Waals surface area contributed by atoms with E-state index >= 15 is 0 Å². The predicted octanol–water partition coefficient (Wildman–Crippen LogP) is 2.36. The highest BCUT2D eigenvalue weighted by atomic mass is 16.5. The zero-order valence-electron chi connectivity index (χ0n) is 14.2. The molecular weight excluding hydrogens is 290 g/mol. The molecule has 126 valence electrons. The molecule has 0 radical (unpaired) electrons. The number of nitrogens with one attached hydrogen (secondary N) is 2. The maximum absolute atomic E-state index is 5.31. The quantitative estimate of drug-likeness (QED) is 0.875. The lowest BCUT2D eigenvalue weighted by Gasteiger charge is -2.32. The molecule has 23 heavy (non-hydrogen) atoms. The fraction of sp³-hybridized carbons (Fsp3) is 0.611. The van der Waals surface area contributed by atoms with Gasteiger partial charge in [0.05, 0.1) is 20.8 Å². The molecule has 1 aromatic carbocycles. The molecule has 1 spiro atoms. The van der Waals surface area contributed by atoms with Gasteiger partial charge in [-0.2, -0.15) is 0 Å². The molecule has 0 bridgehead atoms. The van der Waals surface area contributed by atoms with Crippen LogP contribution in [0, 0.1) is 5.41 Å². The summed E-state index contributed by atoms with van der Waals surface area (Å²) in [6.45, 7) is 2.87. The Labute approximate surface area is 138 Å². The summed E-state index contributed by atoms with van der Waals surface area (Å²) in [5.41, 5.74) is 1.63. The van der Waals surface area contributed by atoms with E-state index in [-0.39, 0.29) is 0 Å². The third-order valence-corrected chi connectivity index (χ3v) is 4.98. The topological polar surface area (TPSA) is 54.9 Å². The molecular formula is C18H27N3O2.